The quantitative estimate of drug-likeness (QED) is 0.552. The average molecular weight is 405 g/mol. The minimum atomic E-state index is -0.464. The van der Waals surface area contributed by atoms with Crippen LogP contribution in [0.4, 0.5) is 9.18 Å². The zero-order valence-corrected chi connectivity index (χ0v) is 16.7. The molecule has 6 heteroatoms. The van der Waals surface area contributed by atoms with Gasteiger partial charge in [0.2, 0.25) is 5.91 Å². The van der Waals surface area contributed by atoms with Crippen LogP contribution in [0.25, 0.3) is 11.1 Å². The summed E-state index contributed by atoms with van der Waals surface area (Å²) in [6.45, 7) is 2.00. The van der Waals surface area contributed by atoms with Crippen LogP contribution in [-0.2, 0) is 11.3 Å². The number of hydrogen-bond donors (Lipinski definition) is 3. The van der Waals surface area contributed by atoms with Gasteiger partial charge in [0.1, 0.15) is 5.82 Å². The Balaban J connectivity index is 1.42. The molecule has 0 aromatic heterocycles. The van der Waals surface area contributed by atoms with E-state index < -0.39 is 6.03 Å². The molecule has 0 heterocycles. The first-order chi connectivity index (χ1) is 14.5. The lowest BCUT2D eigenvalue weighted by molar-refractivity contribution is -0.120. The lowest BCUT2D eigenvalue weighted by atomic mass is 10.0. The van der Waals surface area contributed by atoms with Crippen molar-refractivity contribution in [2.24, 2.45) is 0 Å². The molecule has 1 unspecified atom stereocenters. The van der Waals surface area contributed by atoms with Crippen molar-refractivity contribution in [3.8, 4) is 11.1 Å². The Hall–Kier alpha value is -3.67. The number of amides is 3. The second kappa shape index (κ2) is 10.2. The number of rotatable bonds is 7. The SMILES string of the molecule is CC(NC(=O)CNC(=O)NCc1ccc(F)cc1)c1ccc(-c2ccccc2)cc1. The normalized spacial score (nSPS) is 11.4. The van der Waals surface area contributed by atoms with E-state index in [1.165, 1.54) is 12.1 Å². The molecule has 5 nitrogen and oxygen atoms in total. The van der Waals surface area contributed by atoms with Crippen molar-refractivity contribution >= 4 is 11.9 Å². The van der Waals surface area contributed by atoms with Gasteiger partial charge in [-0.15, -0.1) is 0 Å². The average Bonchev–Trinajstić information content (AvgIpc) is 2.78. The largest absolute Gasteiger partial charge is 0.348 e. The smallest absolute Gasteiger partial charge is 0.315 e. The molecule has 0 spiro atoms. The Morgan fingerprint density at radius 1 is 0.833 bits per heavy atom. The molecule has 0 saturated heterocycles. The van der Waals surface area contributed by atoms with Gasteiger partial charge in [-0.25, -0.2) is 9.18 Å². The highest BCUT2D eigenvalue weighted by atomic mass is 19.1. The standard InChI is InChI=1S/C24H24FN3O2/c1-17(19-9-11-21(12-10-19)20-5-3-2-4-6-20)28-23(29)16-27-24(30)26-15-18-7-13-22(25)14-8-18/h2-14,17H,15-16H2,1H3,(H,28,29)(H2,26,27,30). The number of carbonyl (C=O) groups excluding carboxylic acids is 2. The van der Waals surface area contributed by atoms with Gasteiger partial charge in [-0.1, -0.05) is 66.7 Å². The highest BCUT2D eigenvalue weighted by Gasteiger charge is 2.11. The lowest BCUT2D eigenvalue weighted by Gasteiger charge is -2.15. The molecule has 0 bridgehead atoms. The van der Waals surface area contributed by atoms with Crippen molar-refractivity contribution in [2.45, 2.75) is 19.5 Å². The maximum atomic E-state index is 12.9. The second-order valence-electron chi connectivity index (χ2n) is 6.94. The summed E-state index contributed by atoms with van der Waals surface area (Å²) in [6, 6.07) is 23.3. The Labute approximate surface area is 175 Å². The minimum absolute atomic E-state index is 0.137. The molecule has 3 aromatic carbocycles. The first kappa shape index (κ1) is 21.0. The van der Waals surface area contributed by atoms with E-state index in [2.05, 4.69) is 16.0 Å². The van der Waals surface area contributed by atoms with E-state index in [0.717, 1.165) is 22.3 Å². The molecule has 30 heavy (non-hydrogen) atoms. The fraction of sp³-hybridized carbons (Fsp3) is 0.167. The maximum Gasteiger partial charge on any atom is 0.315 e. The van der Waals surface area contributed by atoms with Crippen LogP contribution in [0.1, 0.15) is 24.1 Å². The molecule has 3 amide bonds. The predicted octanol–water partition coefficient (Wildman–Crippen LogP) is 4.17. The summed E-state index contributed by atoms with van der Waals surface area (Å²) < 4.78 is 12.9. The molecule has 1 atom stereocenters. The molecular formula is C24H24FN3O2. The first-order valence-corrected chi connectivity index (χ1v) is 9.72. The van der Waals surface area contributed by atoms with Crippen molar-refractivity contribution < 1.29 is 14.0 Å². The van der Waals surface area contributed by atoms with Crippen LogP contribution in [0.3, 0.4) is 0 Å². The van der Waals surface area contributed by atoms with E-state index in [-0.39, 0.29) is 30.9 Å². The van der Waals surface area contributed by atoms with E-state index in [1.54, 1.807) is 12.1 Å². The molecule has 3 aromatic rings. The van der Waals surface area contributed by atoms with Gasteiger partial charge in [-0.05, 0) is 41.3 Å². The zero-order valence-electron chi connectivity index (χ0n) is 16.7. The minimum Gasteiger partial charge on any atom is -0.348 e. The highest BCUT2D eigenvalue weighted by molar-refractivity contribution is 5.84. The van der Waals surface area contributed by atoms with E-state index in [0.29, 0.717) is 0 Å². The molecule has 154 valence electrons. The molecule has 3 rings (SSSR count). The lowest BCUT2D eigenvalue weighted by Crippen LogP contribution is -2.42. The number of carbonyl (C=O) groups is 2. The van der Waals surface area contributed by atoms with Crippen LogP contribution in [-0.4, -0.2) is 18.5 Å². The Morgan fingerprint density at radius 2 is 1.47 bits per heavy atom. The van der Waals surface area contributed by atoms with Gasteiger partial charge in [0.05, 0.1) is 12.6 Å². The van der Waals surface area contributed by atoms with Crippen molar-refractivity contribution in [1.29, 1.82) is 0 Å². The fourth-order valence-electron chi connectivity index (χ4n) is 2.98. The molecule has 0 saturated carbocycles. The summed E-state index contributed by atoms with van der Waals surface area (Å²) in [5.41, 5.74) is 3.99. The fourth-order valence-corrected chi connectivity index (χ4v) is 2.98. The third kappa shape index (κ3) is 6.17. The molecule has 0 aliphatic rings. The summed E-state index contributed by atoms with van der Waals surface area (Å²) in [7, 11) is 0. The molecule has 3 N–H and O–H groups in total. The van der Waals surface area contributed by atoms with Crippen LogP contribution in [0.15, 0.2) is 78.9 Å². The van der Waals surface area contributed by atoms with Crippen LogP contribution in [0, 0.1) is 5.82 Å². The number of urea groups is 1. The zero-order chi connectivity index (χ0) is 21.3. The van der Waals surface area contributed by atoms with Crippen molar-refractivity contribution in [2.75, 3.05) is 6.54 Å². The summed E-state index contributed by atoms with van der Waals surface area (Å²) >= 11 is 0. The Kier molecular flexibility index (Phi) is 7.16. The van der Waals surface area contributed by atoms with Crippen LogP contribution >= 0.6 is 0 Å². The van der Waals surface area contributed by atoms with Crippen molar-refractivity contribution in [3.63, 3.8) is 0 Å². The van der Waals surface area contributed by atoms with E-state index in [4.69, 9.17) is 0 Å². The summed E-state index contributed by atoms with van der Waals surface area (Å²) in [6.07, 6.45) is 0. The topological polar surface area (TPSA) is 70.2 Å². The summed E-state index contributed by atoms with van der Waals surface area (Å²) in [5, 5.41) is 8.01. The van der Waals surface area contributed by atoms with Crippen LogP contribution in [0.2, 0.25) is 0 Å². The third-order valence-electron chi connectivity index (χ3n) is 4.67. The predicted molar refractivity (Wildman–Crippen MR) is 115 cm³/mol. The van der Waals surface area contributed by atoms with Crippen LogP contribution in [0.5, 0.6) is 0 Å². The Bertz CT molecular complexity index is 974. The molecule has 0 aliphatic heterocycles. The molecule has 0 radical (unpaired) electrons. The van der Waals surface area contributed by atoms with Gasteiger partial charge in [0.15, 0.2) is 0 Å². The maximum absolute atomic E-state index is 12.9. The van der Waals surface area contributed by atoms with E-state index in [9.17, 15) is 14.0 Å². The van der Waals surface area contributed by atoms with Gasteiger partial charge < -0.3 is 16.0 Å². The summed E-state index contributed by atoms with van der Waals surface area (Å²) in [5.74, 6) is -0.615. The first-order valence-electron chi connectivity index (χ1n) is 9.72. The third-order valence-corrected chi connectivity index (χ3v) is 4.67. The van der Waals surface area contributed by atoms with E-state index >= 15 is 0 Å². The van der Waals surface area contributed by atoms with Gasteiger partial charge in [0.25, 0.3) is 0 Å². The summed E-state index contributed by atoms with van der Waals surface area (Å²) in [4.78, 5) is 24.0. The second-order valence-corrected chi connectivity index (χ2v) is 6.94. The van der Waals surface area contributed by atoms with E-state index in [1.807, 2.05) is 61.5 Å². The van der Waals surface area contributed by atoms with Gasteiger partial charge in [0, 0.05) is 6.54 Å². The van der Waals surface area contributed by atoms with Gasteiger partial charge in [-0.3, -0.25) is 4.79 Å². The van der Waals surface area contributed by atoms with Gasteiger partial charge in [-0.2, -0.15) is 0 Å². The van der Waals surface area contributed by atoms with Crippen molar-refractivity contribution in [3.05, 3.63) is 95.8 Å². The molecule has 0 fully saturated rings. The molecular weight excluding hydrogens is 381 g/mol. The number of nitrogens with one attached hydrogen (secondary N) is 3. The number of halogens is 1. The van der Waals surface area contributed by atoms with Crippen LogP contribution < -0.4 is 16.0 Å². The number of benzene rings is 3. The monoisotopic (exact) mass is 405 g/mol. The molecule has 0 aliphatic carbocycles. The van der Waals surface area contributed by atoms with Crippen molar-refractivity contribution in [1.82, 2.24) is 16.0 Å². The highest BCUT2D eigenvalue weighted by Crippen LogP contribution is 2.21. The number of hydrogen-bond acceptors (Lipinski definition) is 2. The van der Waals surface area contributed by atoms with Gasteiger partial charge >= 0.3 is 6.03 Å². The Morgan fingerprint density at radius 3 is 2.13 bits per heavy atom.